The molecule has 340 valence electrons. The summed E-state index contributed by atoms with van der Waals surface area (Å²) in [4.78, 5) is 12.6. The lowest BCUT2D eigenvalue weighted by Crippen LogP contribution is -2.19. The van der Waals surface area contributed by atoms with E-state index >= 15 is 0 Å². The Morgan fingerprint density at radius 3 is 1.38 bits per heavy atom. The highest BCUT2D eigenvalue weighted by Crippen LogP contribution is 2.55. The quantitative estimate of drug-likeness (QED) is 0.166. The van der Waals surface area contributed by atoms with E-state index in [0.717, 1.165) is 90.5 Å². The van der Waals surface area contributed by atoms with Crippen molar-refractivity contribution < 1.29 is 0 Å². The fraction of sp³-hybridized carbons (Fsp3) is 0.109. The van der Waals surface area contributed by atoms with Gasteiger partial charge in [-0.3, -0.25) is 4.90 Å². The van der Waals surface area contributed by atoms with Gasteiger partial charge in [0.05, 0.1) is 51.5 Å². The molecular weight excluding hydrogens is 839 g/mol. The Morgan fingerprint density at radius 2 is 0.812 bits per heavy atom. The van der Waals surface area contributed by atoms with E-state index in [1.54, 1.807) is 0 Å². The third-order valence-electron chi connectivity index (χ3n) is 12.5. The van der Waals surface area contributed by atoms with Gasteiger partial charge in [-0.05, 0) is 91.4 Å². The van der Waals surface area contributed by atoms with Gasteiger partial charge >= 0.3 is 0 Å². The molecule has 0 N–H and O–H groups in total. The van der Waals surface area contributed by atoms with Gasteiger partial charge in [-0.2, -0.15) is 0 Å². The zero-order valence-corrected chi connectivity index (χ0v) is 40.7. The smallest absolute Gasteiger partial charge is 0.137 e. The Kier molecular flexibility index (Phi) is 13.7. The zero-order chi connectivity index (χ0) is 47.9. The second kappa shape index (κ2) is 20.6. The molecule has 0 amide bonds. The van der Waals surface area contributed by atoms with Gasteiger partial charge in [0.15, 0.2) is 0 Å². The van der Waals surface area contributed by atoms with Gasteiger partial charge < -0.3 is 14.4 Å². The monoisotopic (exact) mass is 897 g/mol. The highest BCUT2D eigenvalue weighted by atomic mass is 15.2. The second-order valence-corrected chi connectivity index (χ2v) is 16.0. The summed E-state index contributed by atoms with van der Waals surface area (Å²) in [6.45, 7) is 14.2. The summed E-state index contributed by atoms with van der Waals surface area (Å²) < 4.78 is 2.41. The van der Waals surface area contributed by atoms with Crippen molar-refractivity contribution in [3.8, 4) is 28.1 Å². The number of rotatable bonds is 6. The van der Waals surface area contributed by atoms with E-state index in [1.807, 2.05) is 41.5 Å². The maximum atomic E-state index is 5.45. The van der Waals surface area contributed by atoms with Crippen molar-refractivity contribution in [2.24, 2.45) is 0 Å². The van der Waals surface area contributed by atoms with Crippen LogP contribution in [0.2, 0.25) is 0 Å². The number of pyridine rings is 1. The lowest BCUT2D eigenvalue weighted by atomic mass is 9.98. The van der Waals surface area contributed by atoms with Crippen molar-refractivity contribution in [3.05, 3.63) is 242 Å². The van der Waals surface area contributed by atoms with E-state index in [0.29, 0.717) is 0 Å². The topological polar surface area (TPSA) is 27.5 Å². The molecule has 0 bridgehead atoms. The molecule has 5 nitrogen and oxygen atoms in total. The lowest BCUT2D eigenvalue weighted by molar-refractivity contribution is 1.09. The van der Waals surface area contributed by atoms with Gasteiger partial charge in [0, 0.05) is 50.3 Å². The predicted octanol–water partition coefficient (Wildman–Crippen LogP) is 18.7. The minimum absolute atomic E-state index is 0.822. The summed E-state index contributed by atoms with van der Waals surface area (Å²) >= 11 is 0. The first-order valence-corrected chi connectivity index (χ1v) is 24.5. The van der Waals surface area contributed by atoms with E-state index in [4.69, 9.17) is 4.98 Å². The number of hydrogen-bond acceptors (Lipinski definition) is 4. The molecule has 0 atom stereocenters. The fourth-order valence-corrected chi connectivity index (χ4v) is 9.82. The van der Waals surface area contributed by atoms with Crippen molar-refractivity contribution in [3.63, 3.8) is 0 Å². The standard InChI is InChI=1S/C58H41N5.3C2H6/c1-40-45-27-11-16-32-50(45)60(41-21-5-2-6-22-41)53-35-19-14-30-48(53)57(40)63(43-25-9-4-10-26-43)55-38-37-44(39-59-55)62-52-34-18-13-29-47(52)56-46-28-12-17-33-51(46)61(42-23-7-3-8-24-42)54-36-20-15-31-49(54)58(56)62;3*1-2/h2-39H,1H3;3*1-2H3. The van der Waals surface area contributed by atoms with Crippen molar-refractivity contribution >= 4 is 67.8 Å². The van der Waals surface area contributed by atoms with E-state index < -0.39 is 0 Å². The van der Waals surface area contributed by atoms with Crippen molar-refractivity contribution in [2.75, 3.05) is 14.7 Å². The van der Waals surface area contributed by atoms with Gasteiger partial charge in [0.2, 0.25) is 0 Å². The van der Waals surface area contributed by atoms with E-state index in [-0.39, 0.29) is 0 Å². The Hall–Kier alpha value is -8.41. The first-order valence-electron chi connectivity index (χ1n) is 24.5. The van der Waals surface area contributed by atoms with Crippen LogP contribution in [0, 0.1) is 0 Å². The molecule has 0 spiro atoms. The molecule has 0 fully saturated rings. The molecule has 10 aromatic rings. The average Bonchev–Trinajstić information content (AvgIpc) is 3.66. The lowest BCUT2D eigenvalue weighted by Gasteiger charge is -2.30. The van der Waals surface area contributed by atoms with Gasteiger partial charge in [-0.25, -0.2) is 4.98 Å². The van der Waals surface area contributed by atoms with Gasteiger partial charge in [0.1, 0.15) is 5.82 Å². The summed E-state index contributed by atoms with van der Waals surface area (Å²) in [5.41, 5.74) is 19.1. The normalized spacial score (nSPS) is 11.9. The summed E-state index contributed by atoms with van der Waals surface area (Å²) in [5.74, 6) is 0.822. The van der Waals surface area contributed by atoms with E-state index in [9.17, 15) is 0 Å². The average molecular weight is 898 g/mol. The number of para-hydroxylation sites is 8. The third-order valence-corrected chi connectivity index (χ3v) is 12.5. The van der Waals surface area contributed by atoms with Crippen LogP contribution in [0.5, 0.6) is 0 Å². The summed E-state index contributed by atoms with van der Waals surface area (Å²) in [6, 6.07) is 80.3. The molecule has 0 radical (unpaired) electrons. The Labute approximate surface area is 408 Å². The van der Waals surface area contributed by atoms with Crippen molar-refractivity contribution in [1.29, 1.82) is 0 Å². The molecule has 2 aromatic heterocycles. The molecule has 0 saturated heterocycles. The van der Waals surface area contributed by atoms with Crippen LogP contribution in [0.4, 0.5) is 45.6 Å². The van der Waals surface area contributed by atoms with Crippen LogP contribution >= 0.6 is 0 Å². The molecule has 0 aliphatic carbocycles. The molecule has 69 heavy (non-hydrogen) atoms. The highest BCUT2D eigenvalue weighted by Gasteiger charge is 2.33. The van der Waals surface area contributed by atoms with Crippen molar-refractivity contribution in [1.82, 2.24) is 9.55 Å². The number of nitrogens with zero attached hydrogens (tertiary/aromatic N) is 5. The van der Waals surface area contributed by atoms with Crippen LogP contribution in [0.3, 0.4) is 0 Å². The Balaban J connectivity index is 0.000000953. The SMILES string of the molecule is CC.CC.CC.CC1=C(N(c2ccccc2)c2ccc(-n3c4c(c5ccccc53)-c3ccccc3N(c3ccccc3)c3ccccc3-4)cn2)c2ccccc2N(c2ccccc2)c2ccccc21. The van der Waals surface area contributed by atoms with E-state index in [1.165, 1.54) is 16.5 Å². The summed E-state index contributed by atoms with van der Waals surface area (Å²) in [5, 5.41) is 1.19. The number of anilines is 8. The van der Waals surface area contributed by atoms with Crippen LogP contribution in [0.15, 0.2) is 231 Å². The van der Waals surface area contributed by atoms with Crippen LogP contribution in [-0.2, 0) is 0 Å². The Bertz CT molecular complexity index is 3350. The number of hydrogen-bond donors (Lipinski definition) is 0. The van der Waals surface area contributed by atoms with Gasteiger partial charge in [0.25, 0.3) is 0 Å². The van der Waals surface area contributed by atoms with Crippen LogP contribution in [-0.4, -0.2) is 9.55 Å². The fourth-order valence-electron chi connectivity index (χ4n) is 9.82. The summed E-state index contributed by atoms with van der Waals surface area (Å²) in [7, 11) is 0. The molecule has 0 unspecified atom stereocenters. The molecule has 4 heterocycles. The minimum Gasteiger partial charge on any atom is -0.309 e. The van der Waals surface area contributed by atoms with Gasteiger partial charge in [-0.1, -0.05) is 187 Å². The molecule has 2 aliphatic rings. The molecule has 12 rings (SSSR count). The zero-order valence-electron chi connectivity index (χ0n) is 40.7. The van der Waals surface area contributed by atoms with Crippen molar-refractivity contribution in [2.45, 2.75) is 48.5 Å². The maximum absolute atomic E-state index is 5.45. The van der Waals surface area contributed by atoms with Crippen LogP contribution < -0.4 is 14.7 Å². The maximum Gasteiger partial charge on any atom is 0.137 e. The minimum atomic E-state index is 0.822. The predicted molar refractivity (Wildman–Crippen MR) is 296 cm³/mol. The largest absolute Gasteiger partial charge is 0.309 e. The van der Waals surface area contributed by atoms with Crippen LogP contribution in [0.1, 0.15) is 59.6 Å². The molecule has 5 heteroatoms. The molecule has 0 saturated carbocycles. The third kappa shape index (κ3) is 8.06. The number of allylic oxidation sites excluding steroid dienone is 1. The number of benzene rings is 8. The number of fused-ring (bicyclic) bond motifs is 9. The van der Waals surface area contributed by atoms with E-state index in [2.05, 4.69) is 257 Å². The second-order valence-electron chi connectivity index (χ2n) is 16.0. The molecular formula is C64H59N5. The first kappa shape index (κ1) is 45.7. The van der Waals surface area contributed by atoms with Crippen LogP contribution in [0.25, 0.3) is 50.2 Å². The first-order chi connectivity index (χ1) is 34.2. The van der Waals surface area contributed by atoms with Gasteiger partial charge in [-0.15, -0.1) is 0 Å². The molecule has 8 aromatic carbocycles. The number of aromatic nitrogens is 2. The highest BCUT2D eigenvalue weighted by molar-refractivity contribution is 6.13. The summed E-state index contributed by atoms with van der Waals surface area (Å²) in [6.07, 6.45) is 2.05. The Morgan fingerprint density at radius 1 is 0.377 bits per heavy atom. The molecule has 2 aliphatic heterocycles.